The fourth-order valence-electron chi connectivity index (χ4n) is 3.20. The monoisotopic (exact) mass is 455 g/mol. The average Bonchev–Trinajstić information content (AvgIpc) is 2.77. The van der Waals surface area contributed by atoms with Crippen molar-refractivity contribution in [2.45, 2.75) is 32.6 Å². The Bertz CT molecular complexity index is 1190. The quantitative estimate of drug-likeness (QED) is 0.475. The number of fused-ring (bicyclic) bond motifs is 1. The molecule has 0 bridgehead atoms. The van der Waals surface area contributed by atoms with Gasteiger partial charge in [0, 0.05) is 28.0 Å². The van der Waals surface area contributed by atoms with E-state index in [1.807, 2.05) is 37.3 Å². The number of carboxylic acids is 1. The number of ether oxygens (including phenoxy) is 1. The molecule has 3 rings (SSSR count). The van der Waals surface area contributed by atoms with E-state index in [0.29, 0.717) is 28.2 Å². The van der Waals surface area contributed by atoms with Crippen LogP contribution in [0.2, 0.25) is 0 Å². The Labute approximate surface area is 189 Å². The van der Waals surface area contributed by atoms with Crippen molar-refractivity contribution in [2.75, 3.05) is 12.4 Å². The van der Waals surface area contributed by atoms with Crippen LogP contribution in [0.3, 0.4) is 0 Å². The van der Waals surface area contributed by atoms with Crippen LogP contribution in [-0.2, 0) is 15.3 Å². The first-order chi connectivity index (χ1) is 15.3. The second kappa shape index (κ2) is 10.4. The van der Waals surface area contributed by atoms with E-state index in [0.717, 1.165) is 16.5 Å². The van der Waals surface area contributed by atoms with Crippen molar-refractivity contribution in [3.05, 3.63) is 75.1 Å². The van der Waals surface area contributed by atoms with Crippen LogP contribution >= 0.6 is 11.8 Å². The van der Waals surface area contributed by atoms with Gasteiger partial charge in [-0.3, -0.25) is 4.79 Å². The van der Waals surface area contributed by atoms with Gasteiger partial charge in [0.1, 0.15) is 17.4 Å². The van der Waals surface area contributed by atoms with Crippen LogP contribution in [0.5, 0.6) is 5.75 Å². The molecule has 0 saturated heterocycles. The summed E-state index contributed by atoms with van der Waals surface area (Å²) in [5, 5.41) is 12.7. The topological polar surface area (TPSA) is 106 Å². The van der Waals surface area contributed by atoms with Crippen molar-refractivity contribution in [2.24, 2.45) is 0 Å². The van der Waals surface area contributed by atoms with Gasteiger partial charge in [0.2, 0.25) is 0 Å². The summed E-state index contributed by atoms with van der Waals surface area (Å²) in [7, 11) is 0. The second-order valence-electron chi connectivity index (χ2n) is 7.45. The van der Waals surface area contributed by atoms with Crippen LogP contribution in [0.15, 0.2) is 51.7 Å². The number of carboxylic acid groups (broad SMARTS) is 1. The van der Waals surface area contributed by atoms with Gasteiger partial charge in [0.15, 0.2) is 6.61 Å². The highest BCUT2D eigenvalue weighted by Crippen LogP contribution is 2.29. The smallest absolute Gasteiger partial charge is 0.339 e. The Hall–Kier alpha value is -3.26. The van der Waals surface area contributed by atoms with Crippen molar-refractivity contribution in [3.63, 3.8) is 0 Å². The number of rotatable bonds is 9. The minimum Gasteiger partial charge on any atom is -0.483 e. The number of hydrogen-bond acceptors (Lipinski definition) is 6. The van der Waals surface area contributed by atoms with Crippen molar-refractivity contribution in [1.82, 2.24) is 5.32 Å². The first-order valence-electron chi connectivity index (χ1n) is 10.1. The summed E-state index contributed by atoms with van der Waals surface area (Å²) in [6.45, 7) is 4.95. The van der Waals surface area contributed by atoms with E-state index in [9.17, 15) is 19.5 Å². The summed E-state index contributed by atoms with van der Waals surface area (Å²) in [5.41, 5.74) is 3.07. The van der Waals surface area contributed by atoms with E-state index in [2.05, 4.69) is 5.32 Å². The van der Waals surface area contributed by atoms with E-state index in [1.165, 1.54) is 11.8 Å². The van der Waals surface area contributed by atoms with Crippen LogP contribution < -0.4 is 15.7 Å². The lowest BCUT2D eigenvalue weighted by Crippen LogP contribution is -2.44. The van der Waals surface area contributed by atoms with E-state index in [1.54, 1.807) is 26.0 Å². The average molecular weight is 456 g/mol. The maximum absolute atomic E-state index is 12.3. The fraction of sp³-hybridized carbons (Fsp3) is 0.292. The number of benzene rings is 2. The molecule has 0 aliphatic carbocycles. The molecule has 0 aliphatic heterocycles. The van der Waals surface area contributed by atoms with Crippen LogP contribution in [-0.4, -0.2) is 35.4 Å². The minimum atomic E-state index is -1.10. The molecule has 8 heteroatoms. The standard InChI is InChI=1S/C24H25NO6S/c1-14-15(2)24(29)31-22-16(3)20(10-9-18(14)22)30-11-21(26)25-19(23(27)28)13-32-12-17-7-5-4-6-8-17/h4-10,19H,11-13H2,1-3H3,(H,25,26)(H,27,28). The molecule has 3 aromatic rings. The number of carbonyl (C=O) groups excluding carboxylic acids is 1. The summed E-state index contributed by atoms with van der Waals surface area (Å²) in [6.07, 6.45) is 0. The predicted molar refractivity (Wildman–Crippen MR) is 124 cm³/mol. The van der Waals surface area contributed by atoms with Crippen LogP contribution in [0.1, 0.15) is 22.3 Å². The Morgan fingerprint density at radius 2 is 1.78 bits per heavy atom. The Morgan fingerprint density at radius 3 is 2.47 bits per heavy atom. The zero-order valence-electron chi connectivity index (χ0n) is 18.1. The molecule has 1 unspecified atom stereocenters. The third-order valence-corrected chi connectivity index (χ3v) is 6.32. The third-order valence-electron chi connectivity index (χ3n) is 5.21. The summed E-state index contributed by atoms with van der Waals surface area (Å²) in [6, 6.07) is 12.2. The van der Waals surface area contributed by atoms with Crippen molar-refractivity contribution in [3.8, 4) is 5.75 Å². The Kier molecular flexibility index (Phi) is 7.58. The van der Waals surface area contributed by atoms with Gasteiger partial charge in [-0.2, -0.15) is 11.8 Å². The maximum Gasteiger partial charge on any atom is 0.339 e. The van der Waals surface area contributed by atoms with Crippen molar-refractivity contribution in [1.29, 1.82) is 0 Å². The van der Waals surface area contributed by atoms with E-state index < -0.39 is 23.5 Å². The van der Waals surface area contributed by atoms with Crippen LogP contribution in [0, 0.1) is 20.8 Å². The molecule has 0 radical (unpaired) electrons. The number of aryl methyl sites for hydroxylation is 2. The van der Waals surface area contributed by atoms with Gasteiger partial charge in [0.05, 0.1) is 0 Å². The van der Waals surface area contributed by atoms with E-state index >= 15 is 0 Å². The highest BCUT2D eigenvalue weighted by atomic mass is 32.2. The highest BCUT2D eigenvalue weighted by molar-refractivity contribution is 7.98. The lowest BCUT2D eigenvalue weighted by atomic mass is 10.0. The maximum atomic E-state index is 12.3. The molecule has 1 heterocycles. The summed E-state index contributed by atoms with van der Waals surface area (Å²) in [5.74, 6) is -0.372. The lowest BCUT2D eigenvalue weighted by Gasteiger charge is -2.16. The van der Waals surface area contributed by atoms with Gasteiger partial charge < -0.3 is 19.6 Å². The number of thioether (sulfide) groups is 1. The molecule has 1 amide bonds. The Morgan fingerprint density at radius 1 is 1.06 bits per heavy atom. The summed E-state index contributed by atoms with van der Waals surface area (Å²) < 4.78 is 11.0. The van der Waals surface area contributed by atoms with E-state index in [-0.39, 0.29) is 12.4 Å². The molecule has 1 aromatic heterocycles. The first-order valence-corrected chi connectivity index (χ1v) is 11.2. The minimum absolute atomic E-state index is 0.231. The molecular weight excluding hydrogens is 430 g/mol. The Balaban J connectivity index is 1.60. The molecule has 2 N–H and O–H groups in total. The first kappa shape index (κ1) is 23.4. The zero-order valence-corrected chi connectivity index (χ0v) is 19.0. The van der Waals surface area contributed by atoms with Crippen molar-refractivity contribution < 1.29 is 23.8 Å². The number of aliphatic carboxylic acids is 1. The zero-order chi connectivity index (χ0) is 23.3. The molecule has 1 atom stereocenters. The molecular formula is C24H25NO6S. The second-order valence-corrected chi connectivity index (χ2v) is 8.48. The predicted octanol–water partition coefficient (Wildman–Crippen LogP) is 3.60. The summed E-state index contributed by atoms with van der Waals surface area (Å²) >= 11 is 1.43. The normalized spacial score (nSPS) is 11.8. The number of carbonyl (C=O) groups is 2. The largest absolute Gasteiger partial charge is 0.483 e. The van der Waals surface area contributed by atoms with Crippen molar-refractivity contribution >= 4 is 34.6 Å². The fourth-order valence-corrected chi connectivity index (χ4v) is 4.21. The van der Waals surface area contributed by atoms with Crippen LogP contribution in [0.4, 0.5) is 0 Å². The number of amides is 1. The van der Waals surface area contributed by atoms with Gasteiger partial charge in [-0.15, -0.1) is 0 Å². The lowest BCUT2D eigenvalue weighted by molar-refractivity contribution is -0.141. The molecule has 0 spiro atoms. The molecule has 0 saturated carbocycles. The molecule has 7 nitrogen and oxygen atoms in total. The van der Waals surface area contributed by atoms with Gasteiger partial charge in [-0.25, -0.2) is 9.59 Å². The van der Waals surface area contributed by atoms with Gasteiger partial charge in [0.25, 0.3) is 5.91 Å². The molecule has 32 heavy (non-hydrogen) atoms. The SMILES string of the molecule is Cc1c(C)c2ccc(OCC(=O)NC(CSCc3ccccc3)C(=O)O)c(C)c2oc1=O. The van der Waals surface area contributed by atoms with Gasteiger partial charge in [-0.05, 0) is 44.0 Å². The third kappa shape index (κ3) is 5.50. The molecule has 2 aromatic carbocycles. The van der Waals surface area contributed by atoms with E-state index in [4.69, 9.17) is 9.15 Å². The van der Waals surface area contributed by atoms with Crippen LogP contribution in [0.25, 0.3) is 11.0 Å². The molecule has 168 valence electrons. The number of nitrogens with one attached hydrogen (secondary N) is 1. The van der Waals surface area contributed by atoms with Gasteiger partial charge in [-0.1, -0.05) is 30.3 Å². The highest BCUT2D eigenvalue weighted by Gasteiger charge is 2.21. The van der Waals surface area contributed by atoms with Gasteiger partial charge >= 0.3 is 11.6 Å². The number of hydrogen-bond donors (Lipinski definition) is 2. The molecule has 0 aliphatic rings. The summed E-state index contributed by atoms with van der Waals surface area (Å²) in [4.78, 5) is 35.9. The molecule has 0 fully saturated rings.